The molecule has 0 amide bonds. The molecular weight excluding hydrogens is 346 g/mol. The van der Waals surface area contributed by atoms with E-state index in [1.165, 1.54) is 56.6 Å². The van der Waals surface area contributed by atoms with E-state index in [1.54, 1.807) is 0 Å². The summed E-state index contributed by atoms with van der Waals surface area (Å²) in [6.45, 7) is 14.6. The zero-order valence-corrected chi connectivity index (χ0v) is 18.6. The molecule has 1 saturated carbocycles. The maximum atomic E-state index is 6.02. The molecule has 2 fully saturated rings. The number of hydrogen-bond donors (Lipinski definition) is 0. The minimum atomic E-state index is 0.490. The third-order valence-corrected chi connectivity index (χ3v) is 6.53. The van der Waals surface area contributed by atoms with E-state index in [9.17, 15) is 0 Å². The zero-order chi connectivity index (χ0) is 19.9. The number of ether oxygens (including phenoxy) is 1. The maximum Gasteiger partial charge on any atom is 0.0605 e. The second kappa shape index (κ2) is 10.6. The van der Waals surface area contributed by atoms with Crippen LogP contribution in [0.3, 0.4) is 0 Å². The molecule has 1 heterocycles. The highest BCUT2D eigenvalue weighted by molar-refractivity contribution is 5.48. The molecule has 1 aromatic carbocycles. The van der Waals surface area contributed by atoms with Crippen molar-refractivity contribution in [1.29, 1.82) is 0 Å². The summed E-state index contributed by atoms with van der Waals surface area (Å²) in [5, 5.41) is 0. The average molecular weight is 388 g/mol. The Hall–Kier alpha value is -1.10. The van der Waals surface area contributed by atoms with Gasteiger partial charge in [-0.25, -0.2) is 0 Å². The SMILES string of the molecule is CCN1CCN(c2ccc(CN(C)C3CC(OCCCC(C)C)C3)cc2)CC1. The van der Waals surface area contributed by atoms with E-state index in [4.69, 9.17) is 4.74 Å². The topological polar surface area (TPSA) is 19.0 Å². The number of likely N-dealkylation sites (N-methyl/N-ethyl adjacent to an activating group) is 1. The van der Waals surface area contributed by atoms with Crippen molar-refractivity contribution in [2.24, 2.45) is 5.92 Å². The molecule has 1 aromatic rings. The van der Waals surface area contributed by atoms with Crippen LogP contribution in [0, 0.1) is 5.92 Å². The molecule has 1 saturated heterocycles. The molecular formula is C24H41N3O. The summed E-state index contributed by atoms with van der Waals surface area (Å²) in [6.07, 6.45) is 5.36. The highest BCUT2D eigenvalue weighted by Gasteiger charge is 2.32. The maximum absolute atomic E-state index is 6.02. The van der Waals surface area contributed by atoms with Gasteiger partial charge in [0.25, 0.3) is 0 Å². The Balaban J connectivity index is 1.35. The minimum absolute atomic E-state index is 0.490. The summed E-state index contributed by atoms with van der Waals surface area (Å²) in [7, 11) is 2.26. The van der Waals surface area contributed by atoms with Crippen molar-refractivity contribution in [2.45, 2.75) is 65.1 Å². The van der Waals surface area contributed by atoms with Crippen molar-refractivity contribution < 1.29 is 4.74 Å². The van der Waals surface area contributed by atoms with Gasteiger partial charge < -0.3 is 14.5 Å². The van der Waals surface area contributed by atoms with Crippen LogP contribution >= 0.6 is 0 Å². The van der Waals surface area contributed by atoms with Crippen LogP contribution in [-0.4, -0.2) is 68.3 Å². The highest BCUT2D eigenvalue weighted by atomic mass is 16.5. The molecule has 0 atom stereocenters. The van der Waals surface area contributed by atoms with Gasteiger partial charge in [-0.15, -0.1) is 0 Å². The quantitative estimate of drug-likeness (QED) is 0.559. The summed E-state index contributed by atoms with van der Waals surface area (Å²) in [6, 6.07) is 9.93. The molecule has 1 aliphatic heterocycles. The number of benzene rings is 1. The van der Waals surface area contributed by atoms with Gasteiger partial charge in [0.15, 0.2) is 0 Å². The first kappa shape index (κ1) is 21.6. The lowest BCUT2D eigenvalue weighted by Crippen LogP contribution is -2.46. The molecule has 2 aliphatic rings. The lowest BCUT2D eigenvalue weighted by atomic mass is 9.88. The largest absolute Gasteiger partial charge is 0.378 e. The van der Waals surface area contributed by atoms with Crippen LogP contribution in [0.5, 0.6) is 0 Å². The molecule has 4 heteroatoms. The molecule has 4 nitrogen and oxygen atoms in total. The number of anilines is 1. The molecule has 28 heavy (non-hydrogen) atoms. The van der Waals surface area contributed by atoms with Crippen molar-refractivity contribution in [1.82, 2.24) is 9.80 Å². The first-order valence-electron chi connectivity index (χ1n) is 11.4. The molecule has 1 aliphatic carbocycles. The Labute approximate surface area is 172 Å². The fourth-order valence-electron chi connectivity index (χ4n) is 4.33. The van der Waals surface area contributed by atoms with Gasteiger partial charge in [0.2, 0.25) is 0 Å². The number of hydrogen-bond acceptors (Lipinski definition) is 4. The average Bonchev–Trinajstić information content (AvgIpc) is 2.66. The summed E-state index contributed by atoms with van der Waals surface area (Å²) in [4.78, 5) is 7.55. The van der Waals surface area contributed by atoms with Gasteiger partial charge in [-0.05, 0) is 62.9 Å². The van der Waals surface area contributed by atoms with E-state index in [0.29, 0.717) is 12.1 Å². The third-order valence-electron chi connectivity index (χ3n) is 6.53. The van der Waals surface area contributed by atoms with Crippen LogP contribution < -0.4 is 4.90 Å². The van der Waals surface area contributed by atoms with Crippen LogP contribution in [0.2, 0.25) is 0 Å². The van der Waals surface area contributed by atoms with Gasteiger partial charge in [-0.2, -0.15) is 0 Å². The summed E-state index contributed by atoms with van der Waals surface area (Å²) in [5.41, 5.74) is 2.79. The summed E-state index contributed by atoms with van der Waals surface area (Å²) >= 11 is 0. The van der Waals surface area contributed by atoms with Crippen LogP contribution in [0.4, 0.5) is 5.69 Å². The lowest BCUT2D eigenvalue weighted by Gasteiger charge is -2.41. The Morgan fingerprint density at radius 2 is 1.75 bits per heavy atom. The van der Waals surface area contributed by atoms with Gasteiger partial charge in [-0.1, -0.05) is 32.9 Å². The predicted molar refractivity (Wildman–Crippen MR) is 119 cm³/mol. The molecule has 0 spiro atoms. The summed E-state index contributed by atoms with van der Waals surface area (Å²) < 4.78 is 6.02. The van der Waals surface area contributed by atoms with Crippen molar-refractivity contribution >= 4 is 5.69 Å². The van der Waals surface area contributed by atoms with E-state index in [-0.39, 0.29) is 0 Å². The van der Waals surface area contributed by atoms with Crippen LogP contribution in [0.1, 0.15) is 52.0 Å². The molecule has 158 valence electrons. The number of nitrogens with zero attached hydrogens (tertiary/aromatic N) is 3. The first-order chi connectivity index (χ1) is 13.5. The Bertz CT molecular complexity index is 560. The fraction of sp³-hybridized carbons (Fsp3) is 0.750. The van der Waals surface area contributed by atoms with Crippen molar-refractivity contribution in [3.05, 3.63) is 29.8 Å². The van der Waals surface area contributed by atoms with Crippen molar-refractivity contribution in [3.8, 4) is 0 Å². The van der Waals surface area contributed by atoms with Crippen molar-refractivity contribution in [3.63, 3.8) is 0 Å². The van der Waals surface area contributed by atoms with Crippen LogP contribution in [0.25, 0.3) is 0 Å². The Kier molecular flexibility index (Phi) is 8.19. The first-order valence-corrected chi connectivity index (χ1v) is 11.4. The number of piperazine rings is 1. The van der Waals surface area contributed by atoms with Gasteiger partial charge in [-0.3, -0.25) is 4.90 Å². The van der Waals surface area contributed by atoms with Gasteiger partial charge in [0.1, 0.15) is 0 Å². The molecule has 0 bridgehead atoms. The van der Waals surface area contributed by atoms with Crippen molar-refractivity contribution in [2.75, 3.05) is 51.3 Å². The van der Waals surface area contributed by atoms with Gasteiger partial charge in [0, 0.05) is 51.1 Å². The third kappa shape index (κ3) is 6.20. The van der Waals surface area contributed by atoms with E-state index >= 15 is 0 Å². The Morgan fingerprint density at radius 1 is 1.07 bits per heavy atom. The Morgan fingerprint density at radius 3 is 2.36 bits per heavy atom. The predicted octanol–water partition coefficient (Wildman–Crippen LogP) is 4.24. The normalized spacial score (nSPS) is 23.4. The summed E-state index contributed by atoms with van der Waals surface area (Å²) in [5.74, 6) is 0.788. The highest BCUT2D eigenvalue weighted by Crippen LogP contribution is 2.29. The van der Waals surface area contributed by atoms with Gasteiger partial charge >= 0.3 is 0 Å². The second-order valence-electron chi connectivity index (χ2n) is 9.16. The second-order valence-corrected chi connectivity index (χ2v) is 9.16. The fourth-order valence-corrected chi connectivity index (χ4v) is 4.33. The minimum Gasteiger partial charge on any atom is -0.378 e. The smallest absolute Gasteiger partial charge is 0.0605 e. The molecule has 0 aromatic heterocycles. The van der Waals surface area contributed by atoms with Crippen LogP contribution in [-0.2, 0) is 11.3 Å². The van der Waals surface area contributed by atoms with E-state index < -0.39 is 0 Å². The van der Waals surface area contributed by atoms with E-state index in [0.717, 1.165) is 32.2 Å². The van der Waals surface area contributed by atoms with Gasteiger partial charge in [0.05, 0.1) is 6.10 Å². The van der Waals surface area contributed by atoms with Crippen LogP contribution in [0.15, 0.2) is 24.3 Å². The molecule has 0 radical (unpaired) electrons. The standard InChI is InChI=1S/C24H41N3O/c1-5-26-12-14-27(15-13-26)22-10-8-21(9-11-22)19-25(4)23-17-24(18-23)28-16-6-7-20(2)3/h8-11,20,23-24H,5-7,12-19H2,1-4H3. The zero-order valence-electron chi connectivity index (χ0n) is 18.6. The number of rotatable bonds is 10. The molecule has 3 rings (SSSR count). The molecule has 0 unspecified atom stereocenters. The molecule has 0 N–H and O–H groups in total. The van der Waals surface area contributed by atoms with E-state index in [1.807, 2.05) is 0 Å². The van der Waals surface area contributed by atoms with E-state index in [2.05, 4.69) is 66.8 Å². The monoisotopic (exact) mass is 387 g/mol. The lowest BCUT2D eigenvalue weighted by molar-refractivity contribution is -0.0483.